The van der Waals surface area contributed by atoms with Gasteiger partial charge >= 0.3 is 0 Å². The van der Waals surface area contributed by atoms with E-state index in [0.717, 1.165) is 28.5 Å². The highest BCUT2D eigenvalue weighted by atomic mass is 32.2. The second-order valence-corrected chi connectivity index (χ2v) is 9.02. The topological polar surface area (TPSA) is 77.6 Å². The Morgan fingerprint density at radius 2 is 2.10 bits per heavy atom. The number of fused-ring (bicyclic) bond motifs is 1. The maximum atomic E-state index is 14.4. The molecule has 10 heteroatoms. The van der Waals surface area contributed by atoms with Crippen molar-refractivity contribution >= 4 is 34.7 Å². The number of hydrogen-bond donors (Lipinski definition) is 1. The Morgan fingerprint density at radius 1 is 1.27 bits per heavy atom. The van der Waals surface area contributed by atoms with E-state index in [4.69, 9.17) is 0 Å². The van der Waals surface area contributed by atoms with Crippen molar-refractivity contribution in [3.8, 4) is 10.7 Å². The number of benzene rings is 1. The average Bonchev–Trinajstić information content (AvgIpc) is 3.48. The Morgan fingerprint density at radius 3 is 2.87 bits per heavy atom. The lowest BCUT2D eigenvalue weighted by molar-refractivity contribution is 0.102. The van der Waals surface area contributed by atoms with Gasteiger partial charge in [-0.2, -0.15) is 16.4 Å². The monoisotopic (exact) mass is 440 g/mol. The normalized spacial score (nSPS) is 13.3. The third-order valence-corrected chi connectivity index (χ3v) is 7.34. The molecule has 0 saturated heterocycles. The van der Waals surface area contributed by atoms with Gasteiger partial charge in [0.2, 0.25) is 0 Å². The molecular weight excluding hydrogens is 423 g/mol. The van der Waals surface area contributed by atoms with Gasteiger partial charge in [0.25, 0.3) is 5.91 Å². The van der Waals surface area contributed by atoms with Crippen LogP contribution in [0.25, 0.3) is 10.7 Å². The number of aryl methyl sites for hydroxylation is 1. The molecule has 4 heterocycles. The van der Waals surface area contributed by atoms with Crippen LogP contribution in [0.2, 0.25) is 0 Å². The molecule has 0 saturated carbocycles. The van der Waals surface area contributed by atoms with E-state index < -0.39 is 5.82 Å². The van der Waals surface area contributed by atoms with Crippen LogP contribution < -0.4 is 5.32 Å². The van der Waals surface area contributed by atoms with Gasteiger partial charge in [-0.3, -0.25) is 4.79 Å². The molecular formula is C20H17FN6OS2. The lowest BCUT2D eigenvalue weighted by Crippen LogP contribution is -2.17. The Labute approximate surface area is 179 Å². The fourth-order valence-electron chi connectivity index (χ4n) is 3.50. The van der Waals surface area contributed by atoms with Crippen LogP contribution in [0.5, 0.6) is 0 Å². The SMILES string of the molecule is Cc1nnnn1-c1cc(NC(=O)c2c(-n3cccc3)sc3c2CCSC3)ccc1F. The van der Waals surface area contributed by atoms with Crippen molar-refractivity contribution in [3.05, 3.63) is 70.4 Å². The molecule has 0 spiro atoms. The molecule has 5 rings (SSSR count). The van der Waals surface area contributed by atoms with E-state index in [0.29, 0.717) is 17.1 Å². The predicted octanol–water partition coefficient (Wildman–Crippen LogP) is 4.00. The van der Waals surface area contributed by atoms with Crippen LogP contribution >= 0.6 is 23.1 Å². The van der Waals surface area contributed by atoms with Gasteiger partial charge < -0.3 is 9.88 Å². The second-order valence-electron chi connectivity index (χ2n) is 6.84. The number of aromatic nitrogens is 5. The van der Waals surface area contributed by atoms with Crippen molar-refractivity contribution in [1.82, 2.24) is 24.8 Å². The van der Waals surface area contributed by atoms with Gasteiger partial charge in [-0.25, -0.2) is 4.39 Å². The minimum absolute atomic E-state index is 0.185. The van der Waals surface area contributed by atoms with Crippen LogP contribution in [0.3, 0.4) is 0 Å². The lowest BCUT2D eigenvalue weighted by Gasteiger charge is -2.14. The Hall–Kier alpha value is -2.98. The molecule has 1 aliphatic heterocycles. The minimum atomic E-state index is -0.471. The van der Waals surface area contributed by atoms with E-state index in [1.165, 1.54) is 15.6 Å². The van der Waals surface area contributed by atoms with Crippen LogP contribution in [0.1, 0.15) is 26.6 Å². The van der Waals surface area contributed by atoms with E-state index in [1.807, 2.05) is 40.9 Å². The summed E-state index contributed by atoms with van der Waals surface area (Å²) >= 11 is 3.54. The molecule has 1 aromatic carbocycles. The smallest absolute Gasteiger partial charge is 0.258 e. The van der Waals surface area contributed by atoms with Gasteiger partial charge in [0.1, 0.15) is 16.5 Å². The zero-order chi connectivity index (χ0) is 20.7. The maximum Gasteiger partial charge on any atom is 0.258 e. The number of amides is 1. The molecule has 1 N–H and O–H groups in total. The first-order valence-corrected chi connectivity index (χ1v) is 11.3. The number of anilines is 1. The summed E-state index contributed by atoms with van der Waals surface area (Å²) in [6, 6.07) is 8.27. The second kappa shape index (κ2) is 7.69. The molecule has 1 amide bonds. The summed E-state index contributed by atoms with van der Waals surface area (Å²) in [5.74, 6) is 1.70. The van der Waals surface area contributed by atoms with Crippen molar-refractivity contribution in [2.45, 2.75) is 19.1 Å². The van der Waals surface area contributed by atoms with Crippen LogP contribution in [-0.4, -0.2) is 36.4 Å². The number of tetrazole rings is 1. The number of rotatable bonds is 4. The Balaban J connectivity index is 1.52. The summed E-state index contributed by atoms with van der Waals surface area (Å²) in [5, 5.41) is 15.0. The number of hydrogen-bond acceptors (Lipinski definition) is 6. The van der Waals surface area contributed by atoms with Crippen LogP contribution in [0.4, 0.5) is 10.1 Å². The molecule has 3 aromatic heterocycles. The Kier molecular flexibility index (Phi) is 4.87. The minimum Gasteiger partial charge on any atom is -0.322 e. The lowest BCUT2D eigenvalue weighted by atomic mass is 10.1. The van der Waals surface area contributed by atoms with Crippen LogP contribution in [0.15, 0.2) is 42.7 Å². The fourth-order valence-corrected chi connectivity index (χ4v) is 5.95. The highest BCUT2D eigenvalue weighted by molar-refractivity contribution is 7.98. The maximum absolute atomic E-state index is 14.4. The van der Waals surface area contributed by atoms with Crippen molar-refractivity contribution in [3.63, 3.8) is 0 Å². The number of carbonyl (C=O) groups excluding carboxylic acids is 1. The van der Waals surface area contributed by atoms with E-state index in [9.17, 15) is 9.18 Å². The number of nitrogens with one attached hydrogen (secondary N) is 1. The molecule has 30 heavy (non-hydrogen) atoms. The van der Waals surface area contributed by atoms with E-state index in [1.54, 1.807) is 30.4 Å². The van der Waals surface area contributed by atoms with Crippen LogP contribution in [0, 0.1) is 12.7 Å². The molecule has 0 unspecified atom stereocenters. The van der Waals surface area contributed by atoms with Crippen molar-refractivity contribution < 1.29 is 9.18 Å². The van der Waals surface area contributed by atoms with Gasteiger partial charge in [0.05, 0.1) is 5.56 Å². The number of thiophene rings is 1. The first-order chi connectivity index (χ1) is 14.6. The van der Waals surface area contributed by atoms with E-state index in [-0.39, 0.29) is 11.6 Å². The number of thioether (sulfide) groups is 1. The standard InChI is InChI=1S/C20H17FN6OS2/c1-12-23-24-25-27(12)16-10-13(4-5-15(16)21)22-19(28)18-14-6-9-29-11-17(14)30-20(18)26-7-2-3-8-26/h2-5,7-8,10H,6,9,11H2,1H3,(H,22,28). The number of halogens is 1. The molecule has 7 nitrogen and oxygen atoms in total. The number of carbonyl (C=O) groups is 1. The van der Waals surface area contributed by atoms with E-state index >= 15 is 0 Å². The van der Waals surface area contributed by atoms with Gasteiger partial charge in [-0.15, -0.1) is 16.4 Å². The highest BCUT2D eigenvalue weighted by Gasteiger charge is 2.26. The molecule has 4 aromatic rings. The molecule has 0 fully saturated rings. The largest absolute Gasteiger partial charge is 0.322 e. The van der Waals surface area contributed by atoms with Crippen molar-refractivity contribution in [2.24, 2.45) is 0 Å². The molecule has 0 radical (unpaired) electrons. The summed E-state index contributed by atoms with van der Waals surface area (Å²) < 4.78 is 17.6. The molecule has 152 valence electrons. The van der Waals surface area contributed by atoms with Gasteiger partial charge in [0, 0.05) is 28.7 Å². The third kappa shape index (κ3) is 3.31. The predicted molar refractivity (Wildman–Crippen MR) is 115 cm³/mol. The van der Waals surface area contributed by atoms with Gasteiger partial charge in [0.15, 0.2) is 5.82 Å². The molecule has 0 bridgehead atoms. The molecule has 0 aliphatic carbocycles. The van der Waals surface area contributed by atoms with Crippen molar-refractivity contribution in [2.75, 3.05) is 11.1 Å². The molecule has 0 atom stereocenters. The highest BCUT2D eigenvalue weighted by Crippen LogP contribution is 2.38. The summed E-state index contributed by atoms with van der Waals surface area (Å²) in [4.78, 5) is 14.6. The van der Waals surface area contributed by atoms with Gasteiger partial charge in [-0.05, 0) is 65.4 Å². The summed E-state index contributed by atoms with van der Waals surface area (Å²) in [5.41, 5.74) is 2.47. The quantitative estimate of drug-likeness (QED) is 0.519. The first kappa shape index (κ1) is 19.0. The summed E-state index contributed by atoms with van der Waals surface area (Å²) in [6.45, 7) is 1.68. The fraction of sp³-hybridized carbons (Fsp3) is 0.200. The zero-order valence-electron chi connectivity index (χ0n) is 16.0. The third-order valence-electron chi connectivity index (χ3n) is 4.93. The summed E-state index contributed by atoms with van der Waals surface area (Å²) in [6.07, 6.45) is 4.74. The average molecular weight is 441 g/mol. The van der Waals surface area contributed by atoms with Gasteiger partial charge in [-0.1, -0.05) is 0 Å². The zero-order valence-corrected chi connectivity index (χ0v) is 17.6. The molecule has 1 aliphatic rings. The first-order valence-electron chi connectivity index (χ1n) is 9.33. The Bertz CT molecular complexity index is 1230. The van der Waals surface area contributed by atoms with Crippen molar-refractivity contribution in [1.29, 1.82) is 0 Å². The van der Waals surface area contributed by atoms with Crippen LogP contribution in [-0.2, 0) is 12.2 Å². The number of nitrogens with zero attached hydrogens (tertiary/aromatic N) is 5. The van der Waals surface area contributed by atoms with E-state index in [2.05, 4.69) is 20.8 Å². The summed E-state index contributed by atoms with van der Waals surface area (Å²) in [7, 11) is 0.